The number of halogens is 3. The Labute approximate surface area is 188 Å². The molecule has 0 radical (unpaired) electrons. The van der Waals surface area contributed by atoms with Crippen molar-refractivity contribution in [1.82, 2.24) is 4.90 Å². The van der Waals surface area contributed by atoms with Gasteiger partial charge < -0.3 is 19.7 Å². The fourth-order valence-electron chi connectivity index (χ4n) is 4.70. The number of alkyl halides is 3. The first kappa shape index (κ1) is 21.6. The third kappa shape index (κ3) is 4.36. The number of carbonyl (C=O) groups excluding carboxylic acids is 2. The van der Waals surface area contributed by atoms with Crippen molar-refractivity contribution >= 4 is 17.5 Å². The average Bonchev–Trinajstić information content (AvgIpc) is 3.46. The van der Waals surface area contributed by atoms with E-state index in [0.29, 0.717) is 22.7 Å². The van der Waals surface area contributed by atoms with Crippen molar-refractivity contribution in [3.05, 3.63) is 53.6 Å². The summed E-state index contributed by atoms with van der Waals surface area (Å²) in [5.41, 5.74) is 0.153. The van der Waals surface area contributed by atoms with Gasteiger partial charge in [0, 0.05) is 44.1 Å². The fourth-order valence-corrected chi connectivity index (χ4v) is 4.70. The molecule has 3 aliphatic rings. The fraction of sp³-hybridized carbons (Fsp3) is 0.417. The van der Waals surface area contributed by atoms with E-state index in [0.717, 1.165) is 37.8 Å². The van der Waals surface area contributed by atoms with E-state index in [-0.39, 0.29) is 31.3 Å². The Balaban J connectivity index is 1.21. The normalized spacial score (nSPS) is 21.1. The van der Waals surface area contributed by atoms with Gasteiger partial charge in [0.1, 0.15) is 0 Å². The first-order valence-corrected chi connectivity index (χ1v) is 11.0. The molecule has 1 aliphatic carbocycles. The van der Waals surface area contributed by atoms with Crippen LogP contribution in [0, 0.1) is 5.92 Å². The van der Waals surface area contributed by atoms with Gasteiger partial charge in [0.05, 0.1) is 11.5 Å². The molecule has 1 unspecified atom stereocenters. The molecular weight excluding hydrogens is 437 g/mol. The average molecular weight is 460 g/mol. The Morgan fingerprint density at radius 1 is 1.09 bits per heavy atom. The molecule has 1 saturated carbocycles. The van der Waals surface area contributed by atoms with Gasteiger partial charge in [-0.3, -0.25) is 9.59 Å². The van der Waals surface area contributed by atoms with Gasteiger partial charge >= 0.3 is 6.18 Å². The van der Waals surface area contributed by atoms with E-state index in [1.165, 1.54) is 11.0 Å². The zero-order valence-corrected chi connectivity index (χ0v) is 17.8. The van der Waals surface area contributed by atoms with E-state index in [2.05, 4.69) is 5.32 Å². The van der Waals surface area contributed by atoms with Gasteiger partial charge in [-0.15, -0.1) is 0 Å². The minimum Gasteiger partial charge on any atom is -0.448 e. The summed E-state index contributed by atoms with van der Waals surface area (Å²) in [7, 11) is 0. The van der Waals surface area contributed by atoms with Gasteiger partial charge in [-0.05, 0) is 42.7 Å². The van der Waals surface area contributed by atoms with Crippen molar-refractivity contribution < 1.29 is 32.2 Å². The zero-order chi connectivity index (χ0) is 23.2. The number of carbonyl (C=O) groups is 2. The summed E-state index contributed by atoms with van der Waals surface area (Å²) >= 11 is 0. The summed E-state index contributed by atoms with van der Waals surface area (Å²) in [6, 6.07) is 10.1. The van der Waals surface area contributed by atoms with E-state index < -0.39 is 23.4 Å². The molecule has 6 nitrogen and oxygen atoms in total. The van der Waals surface area contributed by atoms with Gasteiger partial charge in [-0.1, -0.05) is 12.1 Å². The second-order valence-corrected chi connectivity index (χ2v) is 8.85. The Morgan fingerprint density at radius 2 is 1.85 bits per heavy atom. The lowest BCUT2D eigenvalue weighted by molar-refractivity contribution is -0.137. The summed E-state index contributed by atoms with van der Waals surface area (Å²) in [6.45, 7) is 0.174. The third-order valence-corrected chi connectivity index (χ3v) is 6.38. The second-order valence-electron chi connectivity index (χ2n) is 8.85. The molecule has 1 atom stereocenters. The number of hydrogen-bond donors (Lipinski definition) is 1. The largest absolute Gasteiger partial charge is 0.448 e. The SMILES string of the molecule is O=C(Nc1ccc2c(c1)OC1(CCCC1)O2)C1CC(=O)N(Cc2cccc(C(F)(F)F)c2)C1. The maximum atomic E-state index is 13.0. The standard InChI is InChI=1S/C24H23F3N2O4/c25-24(26,27)17-5-3-4-15(10-17)13-29-14-16(11-21(29)30)22(31)28-18-6-7-19-20(12-18)33-23(32-19)8-1-2-9-23/h3-7,10,12,16H,1-2,8-9,11,13-14H2,(H,28,31). The molecule has 5 rings (SSSR count). The maximum Gasteiger partial charge on any atom is 0.416 e. The van der Waals surface area contributed by atoms with Crippen LogP contribution in [-0.4, -0.2) is 29.0 Å². The van der Waals surface area contributed by atoms with E-state index >= 15 is 0 Å². The molecule has 33 heavy (non-hydrogen) atoms. The molecule has 2 aromatic rings. The van der Waals surface area contributed by atoms with Crippen LogP contribution >= 0.6 is 0 Å². The maximum absolute atomic E-state index is 13.0. The highest BCUT2D eigenvalue weighted by Crippen LogP contribution is 2.47. The second kappa shape index (κ2) is 7.97. The molecule has 0 bridgehead atoms. The van der Waals surface area contributed by atoms with Crippen molar-refractivity contribution in [3.63, 3.8) is 0 Å². The number of amides is 2. The number of rotatable bonds is 4. The quantitative estimate of drug-likeness (QED) is 0.716. The highest BCUT2D eigenvalue weighted by molar-refractivity contribution is 5.97. The van der Waals surface area contributed by atoms with Crippen LogP contribution in [0.1, 0.15) is 43.2 Å². The minimum absolute atomic E-state index is 0.0124. The van der Waals surface area contributed by atoms with Gasteiger partial charge in [0.2, 0.25) is 11.8 Å². The Hall–Kier alpha value is -3.23. The first-order chi connectivity index (χ1) is 15.7. The predicted octanol–water partition coefficient (Wildman–Crippen LogP) is 4.73. The molecule has 1 spiro atoms. The lowest BCUT2D eigenvalue weighted by atomic mass is 10.1. The number of benzene rings is 2. The van der Waals surface area contributed by atoms with E-state index in [1.54, 1.807) is 24.3 Å². The van der Waals surface area contributed by atoms with Crippen LogP contribution in [0.5, 0.6) is 11.5 Å². The molecule has 1 N–H and O–H groups in total. The molecular formula is C24H23F3N2O4. The molecule has 9 heteroatoms. The summed E-state index contributed by atoms with van der Waals surface area (Å²) in [5.74, 6) is -0.519. The van der Waals surface area contributed by atoms with Crippen LogP contribution in [0.25, 0.3) is 0 Å². The molecule has 2 aliphatic heterocycles. The van der Waals surface area contributed by atoms with E-state index in [1.807, 2.05) is 0 Å². The van der Waals surface area contributed by atoms with Crippen molar-refractivity contribution in [2.24, 2.45) is 5.92 Å². The Bertz CT molecular complexity index is 1100. The highest BCUT2D eigenvalue weighted by Gasteiger charge is 2.44. The Kier molecular flexibility index (Phi) is 5.22. The van der Waals surface area contributed by atoms with Crippen molar-refractivity contribution in [2.45, 2.75) is 50.6 Å². The predicted molar refractivity (Wildman–Crippen MR) is 112 cm³/mol. The molecule has 2 heterocycles. The Morgan fingerprint density at radius 3 is 2.61 bits per heavy atom. The summed E-state index contributed by atoms with van der Waals surface area (Å²) in [6.07, 6.45) is -0.687. The van der Waals surface area contributed by atoms with Crippen molar-refractivity contribution in [3.8, 4) is 11.5 Å². The minimum atomic E-state index is -4.45. The summed E-state index contributed by atoms with van der Waals surface area (Å²) in [5, 5.41) is 2.82. The number of fused-ring (bicyclic) bond motifs is 1. The smallest absolute Gasteiger partial charge is 0.416 e. The van der Waals surface area contributed by atoms with Gasteiger partial charge in [0.25, 0.3) is 5.79 Å². The van der Waals surface area contributed by atoms with Crippen molar-refractivity contribution in [1.29, 1.82) is 0 Å². The molecule has 1 saturated heterocycles. The lowest BCUT2D eigenvalue weighted by Crippen LogP contribution is -2.34. The number of anilines is 1. The highest BCUT2D eigenvalue weighted by atomic mass is 19.4. The topological polar surface area (TPSA) is 67.9 Å². The van der Waals surface area contributed by atoms with Gasteiger partial charge in [-0.25, -0.2) is 0 Å². The number of nitrogens with zero attached hydrogens (tertiary/aromatic N) is 1. The van der Waals surface area contributed by atoms with Gasteiger partial charge in [-0.2, -0.15) is 13.2 Å². The van der Waals surface area contributed by atoms with Crippen LogP contribution in [0.3, 0.4) is 0 Å². The zero-order valence-electron chi connectivity index (χ0n) is 17.8. The number of likely N-dealkylation sites (tertiary alicyclic amines) is 1. The van der Waals surface area contributed by atoms with Crippen LogP contribution in [0.15, 0.2) is 42.5 Å². The van der Waals surface area contributed by atoms with Crippen LogP contribution in [0.2, 0.25) is 0 Å². The van der Waals surface area contributed by atoms with Crippen LogP contribution in [0.4, 0.5) is 18.9 Å². The summed E-state index contributed by atoms with van der Waals surface area (Å²) in [4.78, 5) is 26.6. The first-order valence-electron chi connectivity index (χ1n) is 11.0. The summed E-state index contributed by atoms with van der Waals surface area (Å²) < 4.78 is 50.8. The molecule has 0 aromatic heterocycles. The van der Waals surface area contributed by atoms with Crippen LogP contribution in [-0.2, 0) is 22.3 Å². The molecule has 2 amide bonds. The number of ether oxygens (including phenoxy) is 2. The number of nitrogens with one attached hydrogen (secondary N) is 1. The van der Waals surface area contributed by atoms with E-state index in [9.17, 15) is 22.8 Å². The van der Waals surface area contributed by atoms with E-state index in [4.69, 9.17) is 9.47 Å². The van der Waals surface area contributed by atoms with Crippen LogP contribution < -0.4 is 14.8 Å². The van der Waals surface area contributed by atoms with Gasteiger partial charge in [0.15, 0.2) is 11.5 Å². The third-order valence-electron chi connectivity index (χ3n) is 6.38. The monoisotopic (exact) mass is 460 g/mol. The molecule has 174 valence electrons. The molecule has 2 fully saturated rings. The molecule has 2 aromatic carbocycles. The van der Waals surface area contributed by atoms with Crippen molar-refractivity contribution in [2.75, 3.05) is 11.9 Å². The number of hydrogen-bond acceptors (Lipinski definition) is 4. The lowest BCUT2D eigenvalue weighted by Gasteiger charge is -2.21.